The third-order valence-electron chi connectivity index (χ3n) is 3.55. The monoisotopic (exact) mass is 2250 g/mol. The molecule has 1 heterocycles. The fourth-order valence-corrected chi connectivity index (χ4v) is 2.26. The van der Waals surface area contributed by atoms with Gasteiger partial charge in [-0.3, -0.25) is 10.1 Å². The van der Waals surface area contributed by atoms with Gasteiger partial charge in [0.2, 0.25) is 0 Å². The molecule has 0 saturated carbocycles. The Balaban J connectivity index is -0.0000000617. The first-order valence-electron chi connectivity index (χ1n) is 7.81. The fourth-order valence-electron chi connectivity index (χ4n) is 2.26. The Morgan fingerprint density at radius 3 is 1.66 bits per heavy atom. The molecule has 0 radical (unpaired) electrons. The standard InChI is InChI=1S/C14H21N5O2.ClH.7I2.HI.H2O/c1-15-13-5-4-12(10-14(13)19(20)21)17(3)7-9-18-8-6-16(2)11-18;;7*1-2;;/h4-6,8,10,15H,7,9,11H2,1-3H3;1H;;;;;;;;1H;1H2/p-1. The highest BCUT2D eigenvalue weighted by Crippen LogP contribution is 2.28. The molecule has 3 N–H and O–H groups in total. The van der Waals surface area contributed by atoms with Gasteiger partial charge in [-0.2, -0.15) is 0 Å². The Bertz CT molecular complexity index is 592. The third kappa shape index (κ3) is 40.9. The number of anilines is 2. The highest BCUT2D eigenvalue weighted by molar-refractivity contribution is 15.0. The van der Waals surface area contributed by atoms with Crippen molar-refractivity contribution >= 4 is 302 Å². The second-order valence-corrected chi connectivity index (χ2v) is 5.14. The minimum absolute atomic E-state index is 0. The van der Waals surface area contributed by atoms with Crippen molar-refractivity contribution in [2.75, 3.05) is 51.1 Å². The van der Waals surface area contributed by atoms with E-state index in [0.29, 0.717) is 5.69 Å². The first-order chi connectivity index (χ1) is 17.0. The molecule has 236 valence electrons. The Morgan fingerprint density at radius 2 is 1.34 bits per heavy atom. The van der Waals surface area contributed by atoms with Crippen LogP contribution in [0.15, 0.2) is 30.6 Å². The Labute approximate surface area is 414 Å². The van der Waals surface area contributed by atoms with Crippen molar-refractivity contribution in [3.05, 3.63) is 40.7 Å². The SMILES string of the molecule is CNc1ccc(N(C)CCN2C=CN(C)C2)cc1[N+](=O)[O-].I.II.II.II.II.II.II.II.O.[Cl-]. The zero-order chi connectivity index (χ0) is 29.4. The fraction of sp³-hybridized carbons (Fsp3) is 0.429. The number of hydrogen-bond donors (Lipinski definition) is 1. The van der Waals surface area contributed by atoms with Gasteiger partial charge in [0, 0.05) is 319 Å². The molecular formula is C14H24ClI15N5O3-. The number of hydrogen-bond acceptors (Lipinski definition) is 6. The minimum Gasteiger partial charge on any atom is -1.00 e. The molecule has 0 bridgehead atoms. The van der Waals surface area contributed by atoms with Crippen LogP contribution in [0.4, 0.5) is 17.1 Å². The molecule has 0 amide bonds. The van der Waals surface area contributed by atoms with Gasteiger partial charge in [0.1, 0.15) is 5.69 Å². The van der Waals surface area contributed by atoms with Gasteiger partial charge in [-0.1, -0.05) is 0 Å². The van der Waals surface area contributed by atoms with Crippen molar-refractivity contribution in [2.45, 2.75) is 0 Å². The van der Waals surface area contributed by atoms with E-state index in [-0.39, 0.29) is 52.5 Å². The molecule has 0 saturated heterocycles. The van der Waals surface area contributed by atoms with E-state index in [2.05, 4.69) is 282 Å². The second-order valence-electron chi connectivity index (χ2n) is 5.14. The number of nitro groups is 1. The average Bonchev–Trinajstić information content (AvgIpc) is 3.39. The molecule has 1 aliphatic heterocycles. The van der Waals surface area contributed by atoms with Crippen molar-refractivity contribution in [1.29, 1.82) is 0 Å². The van der Waals surface area contributed by atoms with E-state index in [0.717, 1.165) is 25.4 Å². The molecular weight excluding hydrogens is 2230 g/mol. The van der Waals surface area contributed by atoms with Crippen LogP contribution in [0.25, 0.3) is 0 Å². The lowest BCUT2D eigenvalue weighted by molar-refractivity contribution is -0.383. The van der Waals surface area contributed by atoms with E-state index in [1.807, 2.05) is 31.3 Å². The van der Waals surface area contributed by atoms with Crippen LogP contribution in [-0.4, -0.2) is 61.1 Å². The lowest BCUT2D eigenvalue weighted by Crippen LogP contribution is -3.00. The average molecular weight is 2250 g/mol. The quantitative estimate of drug-likeness (QED) is 0.173. The van der Waals surface area contributed by atoms with E-state index in [4.69, 9.17) is 0 Å². The van der Waals surface area contributed by atoms with Crippen LogP contribution in [0.3, 0.4) is 0 Å². The van der Waals surface area contributed by atoms with Gasteiger partial charge in [0.15, 0.2) is 0 Å². The summed E-state index contributed by atoms with van der Waals surface area (Å²) in [5.74, 6) is 0. The molecule has 0 aliphatic carbocycles. The van der Waals surface area contributed by atoms with Crippen molar-refractivity contribution in [3.63, 3.8) is 0 Å². The van der Waals surface area contributed by atoms with Crippen LogP contribution in [0, 0.1) is 10.1 Å². The Morgan fingerprint density at radius 1 is 0.921 bits per heavy atom. The molecule has 1 aliphatic rings. The highest BCUT2D eigenvalue weighted by Gasteiger charge is 2.16. The van der Waals surface area contributed by atoms with Crippen LogP contribution in [0.2, 0.25) is 0 Å². The maximum atomic E-state index is 11.1. The molecule has 24 heteroatoms. The molecule has 0 spiro atoms. The van der Waals surface area contributed by atoms with E-state index >= 15 is 0 Å². The molecule has 38 heavy (non-hydrogen) atoms. The van der Waals surface area contributed by atoms with Crippen LogP contribution in [0.5, 0.6) is 0 Å². The molecule has 2 rings (SSSR count). The van der Waals surface area contributed by atoms with Crippen molar-refractivity contribution in [3.8, 4) is 0 Å². The van der Waals surface area contributed by atoms with Gasteiger partial charge >= 0.3 is 0 Å². The lowest BCUT2D eigenvalue weighted by atomic mass is 10.2. The molecule has 0 unspecified atom stereocenters. The van der Waals surface area contributed by atoms with Gasteiger partial charge in [-0.25, -0.2) is 0 Å². The maximum Gasteiger partial charge on any atom is 0.294 e. The zero-order valence-corrected chi connectivity index (χ0v) is 52.5. The van der Waals surface area contributed by atoms with Crippen LogP contribution in [0.1, 0.15) is 0 Å². The number of nitrogens with one attached hydrogen (secondary N) is 1. The summed E-state index contributed by atoms with van der Waals surface area (Å²) in [6, 6.07) is 5.25. The van der Waals surface area contributed by atoms with E-state index in [1.165, 1.54) is 0 Å². The van der Waals surface area contributed by atoms with Gasteiger partial charge in [0.05, 0.1) is 11.6 Å². The topological polar surface area (TPSA) is 96.4 Å². The summed E-state index contributed by atoms with van der Waals surface area (Å²) < 4.78 is 0. The summed E-state index contributed by atoms with van der Waals surface area (Å²) in [4.78, 5) is 17.1. The second kappa shape index (κ2) is 61.0. The number of likely N-dealkylation sites (N-methyl/N-ethyl adjacent to an activating group) is 1. The van der Waals surface area contributed by atoms with Gasteiger partial charge in [-0.05, 0) is 12.1 Å². The Hall–Kier alpha value is 8.76. The molecule has 1 aromatic carbocycles. The van der Waals surface area contributed by atoms with Crippen LogP contribution >= 0.6 is 285 Å². The van der Waals surface area contributed by atoms with Gasteiger partial charge < -0.3 is 37.9 Å². The number of rotatable bonds is 6. The predicted molar refractivity (Wildman–Crippen MR) is 300 cm³/mol. The van der Waals surface area contributed by atoms with E-state index in [9.17, 15) is 10.1 Å². The summed E-state index contributed by atoms with van der Waals surface area (Å²) in [6.45, 7) is 2.56. The summed E-state index contributed by atoms with van der Waals surface area (Å²) in [7, 11) is 5.66. The maximum absolute atomic E-state index is 11.1. The van der Waals surface area contributed by atoms with E-state index < -0.39 is 0 Å². The smallest absolute Gasteiger partial charge is 0.294 e. The number of nitro benzene ring substituents is 1. The molecule has 0 aromatic heterocycles. The molecule has 8 nitrogen and oxygen atoms in total. The normalized spacial score (nSPS) is 8.66. The van der Waals surface area contributed by atoms with Crippen LogP contribution < -0.4 is 22.6 Å². The number of benzene rings is 1. The highest BCUT2D eigenvalue weighted by atomic mass is 128. The largest absolute Gasteiger partial charge is 1.00 e. The molecule has 0 fully saturated rings. The summed E-state index contributed by atoms with van der Waals surface area (Å²) >= 11 is 29.7. The first-order valence-corrected chi connectivity index (χ1v) is 51.8. The number of halogens is 16. The minimum atomic E-state index is -0.360. The summed E-state index contributed by atoms with van der Waals surface area (Å²) in [6.07, 6.45) is 4.09. The van der Waals surface area contributed by atoms with Crippen molar-refractivity contribution < 1.29 is 22.8 Å². The van der Waals surface area contributed by atoms with E-state index in [1.54, 1.807) is 19.2 Å². The zero-order valence-electron chi connectivity index (χ0n) is 19.2. The predicted octanol–water partition coefficient (Wildman–Crippen LogP) is 10.9. The van der Waals surface area contributed by atoms with Crippen LogP contribution in [-0.2, 0) is 0 Å². The summed E-state index contributed by atoms with van der Waals surface area (Å²) in [5.41, 5.74) is 1.47. The Kier molecular flexibility index (Phi) is 110. The van der Waals surface area contributed by atoms with Crippen molar-refractivity contribution in [2.24, 2.45) is 0 Å². The molecule has 0 atom stereocenters. The molecule has 1 aromatic rings. The van der Waals surface area contributed by atoms with Gasteiger partial charge in [0.25, 0.3) is 5.69 Å². The first kappa shape index (κ1) is 68.7. The van der Waals surface area contributed by atoms with Gasteiger partial charge in [-0.15, -0.1) is 24.0 Å². The lowest BCUT2D eigenvalue weighted by Gasteiger charge is -2.24. The third-order valence-corrected chi connectivity index (χ3v) is 3.55. The number of nitrogens with zero attached hydrogens (tertiary/aromatic N) is 4. The van der Waals surface area contributed by atoms with Crippen molar-refractivity contribution in [1.82, 2.24) is 9.80 Å². The summed E-state index contributed by atoms with van der Waals surface area (Å²) in [5, 5.41) is 13.9.